The van der Waals surface area contributed by atoms with Crippen LogP contribution >= 0.6 is 0 Å². The van der Waals surface area contributed by atoms with Crippen molar-refractivity contribution in [1.29, 1.82) is 0 Å². The highest BCUT2D eigenvalue weighted by Crippen LogP contribution is 2.32. The molecule has 4 heteroatoms. The van der Waals surface area contributed by atoms with Crippen LogP contribution in [0.1, 0.15) is 49.2 Å². The third kappa shape index (κ3) is 1.34. The summed E-state index contributed by atoms with van der Waals surface area (Å²) in [5.41, 5.74) is 0. The summed E-state index contributed by atoms with van der Waals surface area (Å²) in [5.74, 6) is 3.36. The van der Waals surface area contributed by atoms with Gasteiger partial charge in [-0.05, 0) is 12.8 Å². The monoisotopic (exact) mass is 192 g/mol. The fraction of sp³-hybridized carbons (Fsp3) is 0.800. The smallest absolute Gasteiger partial charge is 0.156 e. The average molecular weight is 192 g/mol. The number of rotatable bonds is 2. The van der Waals surface area contributed by atoms with Crippen molar-refractivity contribution in [3.05, 3.63) is 11.6 Å². The first kappa shape index (κ1) is 8.41. The zero-order valence-electron chi connectivity index (χ0n) is 8.29. The van der Waals surface area contributed by atoms with Gasteiger partial charge >= 0.3 is 0 Å². The van der Waals surface area contributed by atoms with Gasteiger partial charge in [-0.2, -0.15) is 5.10 Å². The predicted molar refractivity (Wildman–Crippen MR) is 53.2 cm³/mol. The van der Waals surface area contributed by atoms with Crippen LogP contribution in [0.5, 0.6) is 0 Å². The van der Waals surface area contributed by atoms with Gasteiger partial charge < -0.3 is 5.32 Å². The van der Waals surface area contributed by atoms with Gasteiger partial charge in [0.15, 0.2) is 5.82 Å². The third-order valence-corrected chi connectivity index (χ3v) is 3.41. The molecule has 2 N–H and O–H groups in total. The molecule has 0 unspecified atom stereocenters. The lowest BCUT2D eigenvalue weighted by molar-refractivity contribution is 0.430. The number of nitrogens with one attached hydrogen (secondary N) is 2. The Morgan fingerprint density at radius 1 is 1.07 bits per heavy atom. The van der Waals surface area contributed by atoms with E-state index in [-0.39, 0.29) is 0 Å². The van der Waals surface area contributed by atoms with Crippen molar-refractivity contribution in [1.82, 2.24) is 20.5 Å². The molecular weight excluding hydrogens is 176 g/mol. The summed E-state index contributed by atoms with van der Waals surface area (Å²) in [7, 11) is 0. The van der Waals surface area contributed by atoms with Crippen molar-refractivity contribution in [2.24, 2.45) is 0 Å². The minimum Gasteiger partial charge on any atom is -0.315 e. The predicted octanol–water partition coefficient (Wildman–Crippen LogP) is 1.15. The van der Waals surface area contributed by atoms with E-state index >= 15 is 0 Å². The van der Waals surface area contributed by atoms with E-state index in [1.165, 1.54) is 25.7 Å². The molecule has 1 aliphatic carbocycles. The van der Waals surface area contributed by atoms with Gasteiger partial charge in [0.05, 0.1) is 0 Å². The van der Waals surface area contributed by atoms with E-state index in [1.54, 1.807) is 0 Å². The summed E-state index contributed by atoms with van der Waals surface area (Å²) in [5, 5.41) is 10.7. The first-order valence-electron chi connectivity index (χ1n) is 5.56. The van der Waals surface area contributed by atoms with Crippen LogP contribution < -0.4 is 5.32 Å². The molecule has 2 aliphatic rings. The zero-order chi connectivity index (χ0) is 9.38. The molecule has 1 saturated heterocycles. The highest BCUT2D eigenvalue weighted by molar-refractivity contribution is 5.07. The number of aromatic nitrogens is 3. The van der Waals surface area contributed by atoms with Crippen LogP contribution in [0.2, 0.25) is 0 Å². The second kappa shape index (κ2) is 3.35. The highest BCUT2D eigenvalue weighted by atomic mass is 15.2. The Balaban J connectivity index is 1.75. The maximum Gasteiger partial charge on any atom is 0.156 e. The number of aromatic amines is 1. The molecule has 14 heavy (non-hydrogen) atoms. The van der Waals surface area contributed by atoms with Crippen LogP contribution in [-0.4, -0.2) is 28.3 Å². The van der Waals surface area contributed by atoms with E-state index in [1.807, 2.05) is 0 Å². The largest absolute Gasteiger partial charge is 0.315 e. The fourth-order valence-corrected chi connectivity index (χ4v) is 2.32. The van der Waals surface area contributed by atoms with Crippen LogP contribution in [-0.2, 0) is 0 Å². The van der Waals surface area contributed by atoms with Crippen molar-refractivity contribution in [3.8, 4) is 0 Å². The average Bonchev–Trinajstić information content (AvgIpc) is 2.65. The molecule has 0 radical (unpaired) electrons. The van der Waals surface area contributed by atoms with Gasteiger partial charge in [0.1, 0.15) is 5.82 Å². The van der Waals surface area contributed by atoms with E-state index in [0.29, 0.717) is 11.8 Å². The standard InChI is InChI=1S/C10H16N4/c1-2-4-7(3-1)9-12-10(14-13-9)8-5-11-6-8/h7-8,11H,1-6H2,(H,12,13,14). The molecule has 0 aromatic carbocycles. The van der Waals surface area contributed by atoms with Crippen molar-refractivity contribution >= 4 is 0 Å². The highest BCUT2D eigenvalue weighted by Gasteiger charge is 2.26. The van der Waals surface area contributed by atoms with Crippen molar-refractivity contribution in [2.45, 2.75) is 37.5 Å². The zero-order valence-corrected chi connectivity index (χ0v) is 8.29. The number of H-pyrrole nitrogens is 1. The summed E-state index contributed by atoms with van der Waals surface area (Å²) in [6.07, 6.45) is 5.28. The lowest BCUT2D eigenvalue weighted by Crippen LogP contribution is -2.40. The summed E-state index contributed by atoms with van der Waals surface area (Å²) < 4.78 is 0. The summed E-state index contributed by atoms with van der Waals surface area (Å²) in [4.78, 5) is 4.61. The maximum absolute atomic E-state index is 4.61. The van der Waals surface area contributed by atoms with Crippen LogP contribution in [0, 0.1) is 0 Å². The summed E-state index contributed by atoms with van der Waals surface area (Å²) in [6.45, 7) is 2.09. The second-order valence-corrected chi connectivity index (χ2v) is 4.42. The molecular formula is C10H16N4. The normalized spacial score (nSPS) is 24.0. The van der Waals surface area contributed by atoms with Gasteiger partial charge in [-0.3, -0.25) is 5.10 Å². The van der Waals surface area contributed by atoms with E-state index in [2.05, 4.69) is 20.5 Å². The van der Waals surface area contributed by atoms with Gasteiger partial charge in [-0.25, -0.2) is 4.98 Å². The summed E-state index contributed by atoms with van der Waals surface area (Å²) >= 11 is 0. The van der Waals surface area contributed by atoms with Gasteiger partial charge in [0.25, 0.3) is 0 Å². The van der Waals surface area contributed by atoms with Crippen LogP contribution in [0.15, 0.2) is 0 Å². The molecule has 4 nitrogen and oxygen atoms in total. The Kier molecular flexibility index (Phi) is 2.01. The molecule has 0 atom stereocenters. The molecule has 0 bridgehead atoms. The van der Waals surface area contributed by atoms with E-state index in [9.17, 15) is 0 Å². The van der Waals surface area contributed by atoms with E-state index < -0.39 is 0 Å². The van der Waals surface area contributed by atoms with Crippen molar-refractivity contribution < 1.29 is 0 Å². The SMILES string of the molecule is C1CCC(c2nc(C3CNC3)n[nH]2)C1. The molecule has 0 amide bonds. The molecule has 1 aromatic heterocycles. The minimum absolute atomic E-state index is 0.557. The molecule has 0 spiro atoms. The van der Waals surface area contributed by atoms with E-state index in [0.717, 1.165) is 24.7 Å². The van der Waals surface area contributed by atoms with Crippen LogP contribution in [0.25, 0.3) is 0 Å². The first-order valence-corrected chi connectivity index (χ1v) is 5.56. The van der Waals surface area contributed by atoms with Crippen LogP contribution in [0.4, 0.5) is 0 Å². The van der Waals surface area contributed by atoms with E-state index in [4.69, 9.17) is 0 Å². The number of nitrogens with zero attached hydrogens (tertiary/aromatic N) is 2. The Hall–Kier alpha value is -0.900. The van der Waals surface area contributed by atoms with Crippen molar-refractivity contribution in [3.63, 3.8) is 0 Å². The summed E-state index contributed by atoms with van der Waals surface area (Å²) in [6, 6.07) is 0. The lowest BCUT2D eigenvalue weighted by Gasteiger charge is -2.23. The molecule has 1 saturated carbocycles. The van der Waals surface area contributed by atoms with Gasteiger partial charge in [-0.15, -0.1) is 0 Å². The molecule has 2 heterocycles. The second-order valence-electron chi connectivity index (χ2n) is 4.42. The van der Waals surface area contributed by atoms with Crippen molar-refractivity contribution in [2.75, 3.05) is 13.1 Å². The minimum atomic E-state index is 0.557. The lowest BCUT2D eigenvalue weighted by atomic mass is 10.0. The maximum atomic E-state index is 4.61. The molecule has 1 aliphatic heterocycles. The first-order chi connectivity index (χ1) is 6.93. The van der Waals surface area contributed by atoms with Gasteiger partial charge in [0, 0.05) is 24.9 Å². The Bertz CT molecular complexity index is 310. The third-order valence-electron chi connectivity index (χ3n) is 3.41. The topological polar surface area (TPSA) is 53.6 Å². The molecule has 1 aromatic rings. The Morgan fingerprint density at radius 2 is 1.86 bits per heavy atom. The number of hydrogen-bond donors (Lipinski definition) is 2. The fourth-order valence-electron chi connectivity index (χ4n) is 2.32. The van der Waals surface area contributed by atoms with Crippen LogP contribution in [0.3, 0.4) is 0 Å². The molecule has 3 rings (SSSR count). The number of hydrogen-bond acceptors (Lipinski definition) is 3. The van der Waals surface area contributed by atoms with Gasteiger partial charge in [0.2, 0.25) is 0 Å². The van der Waals surface area contributed by atoms with Gasteiger partial charge in [-0.1, -0.05) is 12.8 Å². The molecule has 2 fully saturated rings. The Labute approximate surface area is 83.5 Å². The molecule has 76 valence electrons. The Morgan fingerprint density at radius 3 is 2.50 bits per heavy atom. The quantitative estimate of drug-likeness (QED) is 0.739.